The van der Waals surface area contributed by atoms with Gasteiger partial charge in [-0.2, -0.15) is 10.4 Å². The molecule has 5 rings (SSSR count). The van der Waals surface area contributed by atoms with Crippen LogP contribution in [-0.2, 0) is 13.5 Å². The second-order valence-electron chi connectivity index (χ2n) is 9.52. The number of nitriles is 1. The van der Waals surface area contributed by atoms with Crippen LogP contribution in [-0.4, -0.2) is 61.3 Å². The molecule has 0 amide bonds. The number of anilines is 1. The first-order valence-electron chi connectivity index (χ1n) is 12.1. The van der Waals surface area contributed by atoms with Gasteiger partial charge in [0.05, 0.1) is 42.5 Å². The van der Waals surface area contributed by atoms with Gasteiger partial charge < -0.3 is 9.64 Å². The van der Waals surface area contributed by atoms with E-state index in [0.29, 0.717) is 17.2 Å². The predicted molar refractivity (Wildman–Crippen MR) is 137 cm³/mol. The molecule has 1 aromatic carbocycles. The van der Waals surface area contributed by atoms with Crippen molar-refractivity contribution in [1.29, 1.82) is 5.26 Å². The van der Waals surface area contributed by atoms with E-state index in [1.807, 2.05) is 12.1 Å². The summed E-state index contributed by atoms with van der Waals surface area (Å²) in [4.78, 5) is 26.5. The maximum absolute atomic E-state index is 12.8. The van der Waals surface area contributed by atoms with Gasteiger partial charge >= 0.3 is 0 Å². The van der Waals surface area contributed by atoms with Crippen molar-refractivity contribution in [2.75, 3.05) is 25.1 Å². The molecule has 186 valence electrons. The molecule has 1 fully saturated rings. The predicted octanol–water partition coefficient (Wildman–Crippen LogP) is 2.71. The van der Waals surface area contributed by atoms with Gasteiger partial charge in [0, 0.05) is 50.4 Å². The number of ether oxygens (including phenoxy) is 1. The lowest BCUT2D eigenvalue weighted by atomic mass is 10.0. The summed E-state index contributed by atoms with van der Waals surface area (Å²) in [7, 11) is 3.32. The third-order valence-electron chi connectivity index (χ3n) is 7.21. The van der Waals surface area contributed by atoms with Crippen LogP contribution in [0, 0.1) is 11.3 Å². The van der Waals surface area contributed by atoms with Gasteiger partial charge in [-0.15, -0.1) is 0 Å². The van der Waals surface area contributed by atoms with Crippen LogP contribution in [0.1, 0.15) is 38.1 Å². The normalized spacial score (nSPS) is 19.5. The minimum atomic E-state index is -0.0933. The number of rotatable bonds is 5. The summed E-state index contributed by atoms with van der Waals surface area (Å²) in [6.45, 7) is 8.15. The molecule has 4 aromatic rings. The maximum atomic E-state index is 12.8. The Balaban J connectivity index is 1.44. The zero-order valence-electron chi connectivity index (χ0n) is 21.2. The van der Waals surface area contributed by atoms with Crippen molar-refractivity contribution in [3.05, 3.63) is 58.1 Å². The Morgan fingerprint density at radius 3 is 2.72 bits per heavy atom. The van der Waals surface area contributed by atoms with Crippen molar-refractivity contribution in [3.8, 4) is 11.9 Å². The Morgan fingerprint density at radius 1 is 1.17 bits per heavy atom. The minimum Gasteiger partial charge on any atom is -0.480 e. The van der Waals surface area contributed by atoms with E-state index in [1.165, 1.54) is 5.56 Å². The molecule has 36 heavy (non-hydrogen) atoms. The first kappa shape index (κ1) is 23.8. The first-order valence-corrected chi connectivity index (χ1v) is 12.1. The second-order valence-corrected chi connectivity index (χ2v) is 9.52. The van der Waals surface area contributed by atoms with Gasteiger partial charge in [0.25, 0.3) is 5.56 Å². The van der Waals surface area contributed by atoms with Crippen molar-refractivity contribution in [3.63, 3.8) is 0 Å². The molecule has 0 spiro atoms. The van der Waals surface area contributed by atoms with Crippen LogP contribution in [0.3, 0.4) is 0 Å². The van der Waals surface area contributed by atoms with Gasteiger partial charge in [0.2, 0.25) is 5.88 Å². The van der Waals surface area contributed by atoms with Crippen molar-refractivity contribution >= 4 is 22.5 Å². The Hall–Kier alpha value is -3.97. The highest BCUT2D eigenvalue weighted by Gasteiger charge is 2.34. The van der Waals surface area contributed by atoms with Gasteiger partial charge in [-0.05, 0) is 38.5 Å². The molecule has 0 aliphatic carbocycles. The van der Waals surface area contributed by atoms with Crippen LogP contribution >= 0.6 is 0 Å². The number of nitrogens with zero attached hydrogens (tertiary/aromatic N) is 8. The van der Waals surface area contributed by atoms with Crippen LogP contribution in [0.4, 0.5) is 5.82 Å². The van der Waals surface area contributed by atoms with E-state index >= 15 is 0 Å². The zero-order chi connectivity index (χ0) is 25.6. The van der Waals surface area contributed by atoms with Crippen LogP contribution in [0.25, 0.3) is 16.7 Å². The van der Waals surface area contributed by atoms with Crippen LogP contribution in [0.2, 0.25) is 0 Å². The van der Waals surface area contributed by atoms with Crippen molar-refractivity contribution in [2.45, 2.75) is 45.3 Å². The molecule has 0 saturated carbocycles. The number of hydrogen-bond acceptors (Lipinski definition) is 8. The van der Waals surface area contributed by atoms with Crippen LogP contribution < -0.4 is 15.2 Å². The summed E-state index contributed by atoms with van der Waals surface area (Å²) in [6.07, 6.45) is 1.83. The quantitative estimate of drug-likeness (QED) is 0.424. The molecule has 10 heteroatoms. The number of piperazine rings is 1. The molecule has 1 aliphatic rings. The van der Waals surface area contributed by atoms with Crippen molar-refractivity contribution < 1.29 is 4.74 Å². The third-order valence-corrected chi connectivity index (χ3v) is 7.21. The van der Waals surface area contributed by atoms with Crippen LogP contribution in [0.5, 0.6) is 5.88 Å². The number of aryl methyl sites for hydroxylation is 1. The number of methoxy groups -OCH3 is 1. The SMILES string of the molecule is COc1cnc2ccc(C(C)N3C[C@H](C)N(c4cc(=O)n(C)c5cc(CC#N)nn45)C[C@H]3C)cc2n1. The van der Waals surface area contributed by atoms with E-state index in [4.69, 9.17) is 10.00 Å². The van der Waals surface area contributed by atoms with E-state index in [2.05, 4.69) is 63.8 Å². The largest absolute Gasteiger partial charge is 0.480 e. The molecule has 3 aromatic heterocycles. The Labute approximate surface area is 209 Å². The average Bonchev–Trinajstić information content (AvgIpc) is 3.30. The second kappa shape index (κ2) is 9.24. The summed E-state index contributed by atoms with van der Waals surface area (Å²) >= 11 is 0. The fraction of sp³-hybridized carbons (Fsp3) is 0.423. The van der Waals surface area contributed by atoms with Gasteiger partial charge in [-0.3, -0.25) is 14.3 Å². The van der Waals surface area contributed by atoms with Crippen molar-refractivity contribution in [2.24, 2.45) is 7.05 Å². The topological polar surface area (TPSA) is 105 Å². The highest BCUT2D eigenvalue weighted by Crippen LogP contribution is 2.31. The van der Waals surface area contributed by atoms with Crippen molar-refractivity contribution in [1.82, 2.24) is 29.0 Å². The molecular formula is C26H30N8O2. The molecule has 3 atom stereocenters. The van der Waals surface area contributed by atoms with E-state index < -0.39 is 0 Å². The van der Waals surface area contributed by atoms with Gasteiger partial charge in [-0.25, -0.2) is 14.5 Å². The summed E-state index contributed by atoms with van der Waals surface area (Å²) in [5.74, 6) is 1.26. The summed E-state index contributed by atoms with van der Waals surface area (Å²) in [5, 5.41) is 13.8. The van der Waals surface area contributed by atoms with E-state index in [1.54, 1.807) is 35.5 Å². The lowest BCUT2D eigenvalue weighted by Gasteiger charge is -2.47. The highest BCUT2D eigenvalue weighted by molar-refractivity contribution is 5.75. The maximum Gasteiger partial charge on any atom is 0.255 e. The fourth-order valence-electron chi connectivity index (χ4n) is 5.15. The van der Waals surface area contributed by atoms with E-state index in [9.17, 15) is 4.79 Å². The fourth-order valence-corrected chi connectivity index (χ4v) is 5.15. The van der Waals surface area contributed by atoms with Gasteiger partial charge in [0.15, 0.2) is 0 Å². The van der Waals surface area contributed by atoms with Gasteiger partial charge in [0.1, 0.15) is 11.5 Å². The van der Waals surface area contributed by atoms with E-state index in [-0.39, 0.29) is 30.1 Å². The molecular weight excluding hydrogens is 456 g/mol. The molecule has 0 bridgehead atoms. The Morgan fingerprint density at radius 2 is 1.97 bits per heavy atom. The summed E-state index contributed by atoms with van der Waals surface area (Å²) in [6, 6.07) is 12.3. The average molecular weight is 487 g/mol. The number of fused-ring (bicyclic) bond motifs is 2. The first-order chi connectivity index (χ1) is 17.3. The zero-order valence-corrected chi connectivity index (χ0v) is 21.2. The highest BCUT2D eigenvalue weighted by atomic mass is 16.5. The third kappa shape index (κ3) is 4.05. The number of hydrogen-bond donors (Lipinski definition) is 0. The lowest BCUT2D eigenvalue weighted by Crippen LogP contribution is -2.57. The number of benzene rings is 1. The monoisotopic (exact) mass is 486 g/mol. The summed E-state index contributed by atoms with van der Waals surface area (Å²) in [5.41, 5.74) is 4.07. The number of aromatic nitrogens is 5. The molecule has 10 nitrogen and oxygen atoms in total. The smallest absolute Gasteiger partial charge is 0.255 e. The molecule has 0 radical (unpaired) electrons. The standard InChI is InChI=1S/C26H30N8O2/c1-16-15-33(25-12-26(35)31(4)24-11-20(8-9-27)30-34(24)25)17(2)14-32(16)18(3)19-6-7-21-22(10-19)29-23(36-5)13-28-21/h6-7,10-13,16-18H,8,14-15H2,1-5H3/t16-,17+,18?/m1/s1. The van der Waals surface area contributed by atoms with Crippen LogP contribution in [0.15, 0.2) is 41.3 Å². The Kier molecular flexibility index (Phi) is 6.10. The Bertz CT molecular complexity index is 1540. The molecule has 1 unspecified atom stereocenters. The molecule has 1 saturated heterocycles. The summed E-state index contributed by atoms with van der Waals surface area (Å²) < 4.78 is 8.62. The lowest BCUT2D eigenvalue weighted by molar-refractivity contribution is 0.119. The molecule has 1 aliphatic heterocycles. The molecule has 4 heterocycles. The van der Waals surface area contributed by atoms with Gasteiger partial charge in [-0.1, -0.05) is 6.07 Å². The minimum absolute atomic E-state index is 0.0933. The van der Waals surface area contributed by atoms with E-state index in [0.717, 1.165) is 29.9 Å². The molecule has 0 N–H and O–H groups in total.